The summed E-state index contributed by atoms with van der Waals surface area (Å²) in [6.07, 6.45) is 0. The minimum Gasteiger partial charge on any atom is -0.348 e. The molecule has 0 spiro atoms. The van der Waals surface area contributed by atoms with Crippen molar-refractivity contribution in [2.75, 3.05) is 14.1 Å². The molecule has 2 rings (SSSR count). The van der Waals surface area contributed by atoms with E-state index in [1.165, 1.54) is 4.90 Å². The minimum atomic E-state index is -0.162. The lowest BCUT2D eigenvalue weighted by Crippen LogP contribution is -2.23. The molecule has 0 unspecified atom stereocenters. The first-order valence-electron chi connectivity index (χ1n) is 6.82. The van der Waals surface area contributed by atoms with Crippen molar-refractivity contribution < 1.29 is 9.59 Å². The van der Waals surface area contributed by atoms with Crippen LogP contribution in [0.15, 0.2) is 48.5 Å². The lowest BCUT2D eigenvalue weighted by Gasteiger charge is -2.11. The molecule has 0 heterocycles. The predicted molar refractivity (Wildman–Crippen MR) is 87.1 cm³/mol. The molecule has 2 aromatic rings. The number of nitrogens with one attached hydrogen (secondary N) is 1. The molecule has 2 amide bonds. The second-order valence-electron chi connectivity index (χ2n) is 5.09. The van der Waals surface area contributed by atoms with Crippen LogP contribution in [0.25, 0.3) is 0 Å². The molecule has 4 nitrogen and oxygen atoms in total. The Bertz CT molecular complexity index is 664. The minimum absolute atomic E-state index is 0.0447. The van der Waals surface area contributed by atoms with Crippen LogP contribution in [0.2, 0.25) is 5.02 Å². The monoisotopic (exact) mass is 316 g/mol. The molecule has 0 aliphatic carbocycles. The highest BCUT2D eigenvalue weighted by Crippen LogP contribution is 2.10. The normalized spacial score (nSPS) is 10.1. The fraction of sp³-hybridized carbons (Fsp3) is 0.176. The number of hydrogen-bond acceptors (Lipinski definition) is 2. The maximum Gasteiger partial charge on any atom is 0.253 e. The number of amides is 2. The van der Waals surface area contributed by atoms with Gasteiger partial charge in [0.25, 0.3) is 11.8 Å². The smallest absolute Gasteiger partial charge is 0.253 e. The Morgan fingerprint density at radius 3 is 2.05 bits per heavy atom. The Morgan fingerprint density at radius 1 is 0.955 bits per heavy atom. The number of halogens is 1. The van der Waals surface area contributed by atoms with Gasteiger partial charge in [0.15, 0.2) is 0 Å². The summed E-state index contributed by atoms with van der Waals surface area (Å²) in [5, 5.41) is 3.42. The van der Waals surface area contributed by atoms with Crippen LogP contribution in [0, 0.1) is 0 Å². The lowest BCUT2D eigenvalue weighted by atomic mass is 10.1. The summed E-state index contributed by atoms with van der Waals surface area (Å²) in [6, 6.07) is 13.9. The Labute approximate surface area is 134 Å². The highest BCUT2D eigenvalue weighted by Gasteiger charge is 2.08. The van der Waals surface area contributed by atoms with E-state index in [1.807, 2.05) is 12.1 Å². The van der Waals surface area contributed by atoms with E-state index in [9.17, 15) is 9.59 Å². The third kappa shape index (κ3) is 4.09. The molecule has 0 aliphatic heterocycles. The van der Waals surface area contributed by atoms with E-state index in [0.29, 0.717) is 22.7 Å². The van der Waals surface area contributed by atoms with Crippen molar-refractivity contribution in [2.45, 2.75) is 6.54 Å². The highest BCUT2D eigenvalue weighted by molar-refractivity contribution is 6.30. The van der Waals surface area contributed by atoms with Gasteiger partial charge >= 0.3 is 0 Å². The molecule has 5 heteroatoms. The van der Waals surface area contributed by atoms with E-state index in [0.717, 1.165) is 5.56 Å². The van der Waals surface area contributed by atoms with Gasteiger partial charge < -0.3 is 10.2 Å². The number of benzene rings is 2. The molecule has 0 atom stereocenters. The van der Waals surface area contributed by atoms with Gasteiger partial charge in [-0.05, 0) is 42.0 Å². The number of carbonyl (C=O) groups is 2. The second kappa shape index (κ2) is 7.09. The maximum atomic E-state index is 12.0. The predicted octanol–water partition coefficient (Wildman–Crippen LogP) is 2.97. The highest BCUT2D eigenvalue weighted by atomic mass is 35.5. The van der Waals surface area contributed by atoms with Gasteiger partial charge in [0.2, 0.25) is 0 Å². The summed E-state index contributed by atoms with van der Waals surface area (Å²) in [5.74, 6) is -0.207. The van der Waals surface area contributed by atoms with Crippen LogP contribution >= 0.6 is 11.6 Å². The van der Waals surface area contributed by atoms with Gasteiger partial charge in [-0.3, -0.25) is 9.59 Å². The summed E-state index contributed by atoms with van der Waals surface area (Å²) < 4.78 is 0. The average Bonchev–Trinajstić information content (AvgIpc) is 2.53. The van der Waals surface area contributed by atoms with Crippen molar-refractivity contribution in [1.29, 1.82) is 0 Å². The first-order chi connectivity index (χ1) is 10.5. The fourth-order valence-electron chi connectivity index (χ4n) is 1.91. The molecule has 0 saturated heterocycles. The van der Waals surface area contributed by atoms with Gasteiger partial charge in [-0.25, -0.2) is 0 Å². The average molecular weight is 317 g/mol. The van der Waals surface area contributed by atoms with Crippen molar-refractivity contribution in [3.05, 3.63) is 70.2 Å². The molecule has 114 valence electrons. The zero-order chi connectivity index (χ0) is 16.1. The van der Waals surface area contributed by atoms with Gasteiger partial charge in [0, 0.05) is 36.8 Å². The molecule has 0 radical (unpaired) electrons. The second-order valence-corrected chi connectivity index (χ2v) is 5.52. The molecule has 0 fully saturated rings. The summed E-state index contributed by atoms with van der Waals surface area (Å²) >= 11 is 5.79. The fourth-order valence-corrected chi connectivity index (χ4v) is 2.04. The van der Waals surface area contributed by atoms with Crippen LogP contribution in [-0.4, -0.2) is 30.8 Å². The van der Waals surface area contributed by atoms with Gasteiger partial charge in [-0.1, -0.05) is 23.7 Å². The first-order valence-corrected chi connectivity index (χ1v) is 7.19. The maximum absolute atomic E-state index is 12.0. The summed E-state index contributed by atoms with van der Waals surface area (Å²) in [4.78, 5) is 25.3. The lowest BCUT2D eigenvalue weighted by molar-refractivity contribution is 0.0827. The van der Waals surface area contributed by atoms with E-state index in [4.69, 9.17) is 11.6 Å². The molecule has 0 saturated carbocycles. The van der Waals surface area contributed by atoms with Crippen LogP contribution in [0.3, 0.4) is 0 Å². The zero-order valence-corrected chi connectivity index (χ0v) is 13.2. The third-order valence-electron chi connectivity index (χ3n) is 3.17. The van der Waals surface area contributed by atoms with Crippen LogP contribution in [0.4, 0.5) is 0 Å². The van der Waals surface area contributed by atoms with Crippen LogP contribution in [-0.2, 0) is 6.54 Å². The van der Waals surface area contributed by atoms with Gasteiger partial charge in [0.05, 0.1) is 0 Å². The van der Waals surface area contributed by atoms with E-state index in [1.54, 1.807) is 50.5 Å². The number of rotatable bonds is 4. The quantitative estimate of drug-likeness (QED) is 0.942. The standard InChI is InChI=1S/C17H17ClN2O2/c1-20(2)17(22)14-5-3-12(4-6-14)11-19-16(21)13-7-9-15(18)10-8-13/h3-10H,11H2,1-2H3,(H,19,21). The largest absolute Gasteiger partial charge is 0.348 e. The van der Waals surface area contributed by atoms with Crippen molar-refractivity contribution in [3.8, 4) is 0 Å². The van der Waals surface area contributed by atoms with Gasteiger partial charge in [-0.15, -0.1) is 0 Å². The Balaban J connectivity index is 1.95. The molecule has 1 N–H and O–H groups in total. The SMILES string of the molecule is CN(C)C(=O)c1ccc(CNC(=O)c2ccc(Cl)cc2)cc1. The molecular weight excluding hydrogens is 300 g/mol. The van der Waals surface area contributed by atoms with Crippen molar-refractivity contribution in [2.24, 2.45) is 0 Å². The number of hydrogen-bond donors (Lipinski definition) is 1. The molecular formula is C17H17ClN2O2. The van der Waals surface area contributed by atoms with Crippen molar-refractivity contribution >= 4 is 23.4 Å². The Morgan fingerprint density at radius 2 is 1.50 bits per heavy atom. The molecule has 0 aromatic heterocycles. The van der Waals surface area contributed by atoms with Crippen molar-refractivity contribution in [1.82, 2.24) is 10.2 Å². The summed E-state index contributed by atoms with van der Waals surface area (Å²) in [6.45, 7) is 0.401. The van der Waals surface area contributed by atoms with Crippen LogP contribution in [0.5, 0.6) is 0 Å². The van der Waals surface area contributed by atoms with Crippen molar-refractivity contribution in [3.63, 3.8) is 0 Å². The molecule has 0 aliphatic rings. The van der Waals surface area contributed by atoms with Gasteiger partial charge in [-0.2, -0.15) is 0 Å². The number of nitrogens with zero attached hydrogens (tertiary/aromatic N) is 1. The third-order valence-corrected chi connectivity index (χ3v) is 3.42. The van der Waals surface area contributed by atoms with Crippen LogP contribution in [0.1, 0.15) is 26.3 Å². The zero-order valence-electron chi connectivity index (χ0n) is 12.5. The summed E-state index contributed by atoms with van der Waals surface area (Å²) in [7, 11) is 3.42. The molecule has 2 aromatic carbocycles. The summed E-state index contributed by atoms with van der Waals surface area (Å²) in [5.41, 5.74) is 2.11. The molecule has 22 heavy (non-hydrogen) atoms. The van der Waals surface area contributed by atoms with Crippen LogP contribution < -0.4 is 5.32 Å². The van der Waals surface area contributed by atoms with E-state index in [2.05, 4.69) is 5.32 Å². The van der Waals surface area contributed by atoms with E-state index in [-0.39, 0.29) is 11.8 Å². The Kier molecular flexibility index (Phi) is 5.17. The Hall–Kier alpha value is -2.33. The van der Waals surface area contributed by atoms with E-state index < -0.39 is 0 Å². The van der Waals surface area contributed by atoms with E-state index >= 15 is 0 Å². The van der Waals surface area contributed by atoms with Gasteiger partial charge in [0.1, 0.15) is 0 Å². The number of carbonyl (C=O) groups excluding carboxylic acids is 2. The topological polar surface area (TPSA) is 49.4 Å². The molecule has 0 bridgehead atoms. The first kappa shape index (κ1) is 16.0.